The van der Waals surface area contributed by atoms with Crippen LogP contribution in [0.5, 0.6) is 0 Å². The Morgan fingerprint density at radius 3 is 2.50 bits per heavy atom. The molecule has 1 aliphatic heterocycles. The third-order valence-electron chi connectivity index (χ3n) is 2.82. The molecule has 0 saturated carbocycles. The van der Waals surface area contributed by atoms with E-state index in [0.29, 0.717) is 5.25 Å². The average Bonchev–Trinajstić information content (AvgIpc) is 2.48. The summed E-state index contributed by atoms with van der Waals surface area (Å²) in [6.45, 7) is 4.25. The number of aliphatic hydroxyl groups is 1. The van der Waals surface area contributed by atoms with E-state index in [9.17, 15) is 5.11 Å². The fraction of sp³-hybridized carbons (Fsp3) is 0.500. The summed E-state index contributed by atoms with van der Waals surface area (Å²) >= 11 is 1.85. The number of hydrogen-bond acceptors (Lipinski definition) is 2. The Morgan fingerprint density at radius 2 is 2.00 bits per heavy atom. The number of hydrogen-bond donors (Lipinski definition) is 1. The smallest absolute Gasteiger partial charge is 0.0997 e. The van der Waals surface area contributed by atoms with E-state index < -0.39 is 5.60 Å². The largest absolute Gasteiger partial charge is 0.384 e. The summed E-state index contributed by atoms with van der Waals surface area (Å²) < 4.78 is 0. The van der Waals surface area contributed by atoms with Gasteiger partial charge in [0.2, 0.25) is 0 Å². The van der Waals surface area contributed by atoms with Crippen LogP contribution in [0.1, 0.15) is 24.5 Å². The summed E-state index contributed by atoms with van der Waals surface area (Å²) in [5.41, 5.74) is 1.73. The van der Waals surface area contributed by atoms with Crippen LogP contribution in [-0.2, 0) is 5.60 Å². The van der Waals surface area contributed by atoms with E-state index in [1.807, 2.05) is 23.9 Å². The van der Waals surface area contributed by atoms with E-state index in [2.05, 4.69) is 26.0 Å². The summed E-state index contributed by atoms with van der Waals surface area (Å²) in [5.74, 6) is 0.831. The van der Waals surface area contributed by atoms with Crippen molar-refractivity contribution in [2.75, 3.05) is 5.75 Å². The molecule has 14 heavy (non-hydrogen) atoms. The van der Waals surface area contributed by atoms with Crippen molar-refractivity contribution in [1.29, 1.82) is 0 Å². The molecule has 0 aliphatic carbocycles. The average molecular weight is 208 g/mol. The number of benzene rings is 1. The molecule has 1 nitrogen and oxygen atoms in total. The molecular weight excluding hydrogens is 192 g/mol. The van der Waals surface area contributed by atoms with E-state index >= 15 is 0 Å². The second-order valence-corrected chi connectivity index (χ2v) is 5.65. The zero-order chi connectivity index (χ0) is 10.2. The molecule has 1 aromatic carbocycles. The molecule has 1 fully saturated rings. The van der Waals surface area contributed by atoms with E-state index in [4.69, 9.17) is 0 Å². The van der Waals surface area contributed by atoms with E-state index in [-0.39, 0.29) is 0 Å². The summed E-state index contributed by atoms with van der Waals surface area (Å²) in [5, 5.41) is 11.0. The van der Waals surface area contributed by atoms with Gasteiger partial charge >= 0.3 is 0 Å². The Balaban J connectivity index is 2.26. The van der Waals surface area contributed by atoms with Crippen molar-refractivity contribution in [3.63, 3.8) is 0 Å². The van der Waals surface area contributed by atoms with Gasteiger partial charge in [-0.2, -0.15) is 11.8 Å². The normalized spacial score (nSPS) is 32.1. The Labute approximate surface area is 89.5 Å². The first-order valence-electron chi connectivity index (χ1n) is 5.01. The van der Waals surface area contributed by atoms with Crippen molar-refractivity contribution < 1.29 is 5.11 Å². The molecule has 76 valence electrons. The third-order valence-corrected chi connectivity index (χ3v) is 4.20. The van der Waals surface area contributed by atoms with Crippen molar-refractivity contribution >= 4 is 11.8 Å². The molecular formula is C12H16OS. The molecule has 2 heteroatoms. The quantitative estimate of drug-likeness (QED) is 0.765. The van der Waals surface area contributed by atoms with Crippen molar-refractivity contribution in [2.24, 2.45) is 0 Å². The van der Waals surface area contributed by atoms with Crippen molar-refractivity contribution in [2.45, 2.75) is 31.1 Å². The molecule has 0 spiro atoms. The lowest BCUT2D eigenvalue weighted by atomic mass is 9.91. The summed E-state index contributed by atoms with van der Waals surface area (Å²) in [6.07, 6.45) is 0.876. The van der Waals surface area contributed by atoms with Crippen LogP contribution < -0.4 is 0 Å². The SMILES string of the molecule is Cc1ccc(C2(O)CSC(C)C2)cc1. The monoisotopic (exact) mass is 208 g/mol. The fourth-order valence-corrected chi connectivity index (χ4v) is 3.18. The highest BCUT2D eigenvalue weighted by Crippen LogP contribution is 2.41. The zero-order valence-electron chi connectivity index (χ0n) is 8.66. The molecule has 1 aliphatic rings. The molecule has 2 atom stereocenters. The van der Waals surface area contributed by atoms with E-state index in [0.717, 1.165) is 17.7 Å². The molecule has 0 radical (unpaired) electrons. The van der Waals surface area contributed by atoms with Crippen LogP contribution in [0, 0.1) is 6.92 Å². The molecule has 0 amide bonds. The molecule has 0 aromatic heterocycles. The van der Waals surface area contributed by atoms with Crippen LogP contribution >= 0.6 is 11.8 Å². The lowest BCUT2D eigenvalue weighted by molar-refractivity contribution is 0.0612. The van der Waals surface area contributed by atoms with Crippen LogP contribution in [0.3, 0.4) is 0 Å². The van der Waals surface area contributed by atoms with Gasteiger partial charge in [-0.15, -0.1) is 0 Å². The maximum atomic E-state index is 10.4. The van der Waals surface area contributed by atoms with Crippen LogP contribution in [0.15, 0.2) is 24.3 Å². The Bertz CT molecular complexity index is 320. The topological polar surface area (TPSA) is 20.2 Å². The predicted octanol–water partition coefficient (Wildman–Crippen LogP) is 2.71. The lowest BCUT2D eigenvalue weighted by Crippen LogP contribution is -2.25. The number of aryl methyl sites for hydroxylation is 1. The minimum absolute atomic E-state index is 0.571. The lowest BCUT2D eigenvalue weighted by Gasteiger charge is -2.22. The summed E-state index contributed by atoms with van der Waals surface area (Å²) in [4.78, 5) is 0. The van der Waals surface area contributed by atoms with Crippen molar-refractivity contribution in [3.05, 3.63) is 35.4 Å². The Morgan fingerprint density at radius 1 is 1.36 bits per heavy atom. The zero-order valence-corrected chi connectivity index (χ0v) is 9.47. The first-order chi connectivity index (χ1) is 6.60. The summed E-state index contributed by atoms with van der Waals surface area (Å²) in [7, 11) is 0. The fourth-order valence-electron chi connectivity index (χ4n) is 1.94. The Hall–Kier alpha value is -0.470. The van der Waals surface area contributed by atoms with Gasteiger partial charge in [0.25, 0.3) is 0 Å². The predicted molar refractivity (Wildman–Crippen MR) is 61.6 cm³/mol. The van der Waals surface area contributed by atoms with Gasteiger partial charge in [-0.25, -0.2) is 0 Å². The van der Waals surface area contributed by atoms with Gasteiger partial charge in [0, 0.05) is 11.0 Å². The van der Waals surface area contributed by atoms with Gasteiger partial charge in [-0.05, 0) is 18.9 Å². The highest BCUT2D eigenvalue weighted by atomic mass is 32.2. The number of thioether (sulfide) groups is 1. The first-order valence-corrected chi connectivity index (χ1v) is 6.06. The molecule has 1 N–H and O–H groups in total. The molecule has 2 rings (SSSR count). The van der Waals surface area contributed by atoms with Gasteiger partial charge in [0.15, 0.2) is 0 Å². The minimum Gasteiger partial charge on any atom is -0.384 e. The maximum Gasteiger partial charge on any atom is 0.0997 e. The van der Waals surface area contributed by atoms with Gasteiger partial charge in [-0.3, -0.25) is 0 Å². The summed E-state index contributed by atoms with van der Waals surface area (Å²) in [6, 6.07) is 8.24. The third kappa shape index (κ3) is 1.82. The Kier molecular flexibility index (Phi) is 2.58. The van der Waals surface area contributed by atoms with Crippen LogP contribution in [0.4, 0.5) is 0 Å². The molecule has 0 bridgehead atoms. The van der Waals surface area contributed by atoms with Gasteiger partial charge < -0.3 is 5.11 Å². The highest BCUT2D eigenvalue weighted by Gasteiger charge is 2.37. The molecule has 1 heterocycles. The first kappa shape index (κ1) is 10.1. The van der Waals surface area contributed by atoms with Gasteiger partial charge in [0.1, 0.15) is 0 Å². The molecule has 2 unspecified atom stereocenters. The maximum absolute atomic E-state index is 10.4. The minimum atomic E-state index is -0.586. The van der Waals surface area contributed by atoms with Gasteiger partial charge in [-0.1, -0.05) is 36.8 Å². The highest BCUT2D eigenvalue weighted by molar-refractivity contribution is 8.00. The molecule has 1 saturated heterocycles. The van der Waals surface area contributed by atoms with Crippen molar-refractivity contribution in [3.8, 4) is 0 Å². The van der Waals surface area contributed by atoms with Crippen LogP contribution in [-0.4, -0.2) is 16.1 Å². The van der Waals surface area contributed by atoms with E-state index in [1.165, 1.54) is 5.56 Å². The van der Waals surface area contributed by atoms with Gasteiger partial charge in [0.05, 0.1) is 5.60 Å². The standard InChI is InChI=1S/C12H16OS/c1-9-3-5-11(6-4-9)12(13)7-10(2)14-8-12/h3-6,10,13H,7-8H2,1-2H3. The van der Waals surface area contributed by atoms with E-state index in [1.54, 1.807) is 0 Å². The van der Waals surface area contributed by atoms with Crippen molar-refractivity contribution in [1.82, 2.24) is 0 Å². The van der Waals surface area contributed by atoms with Crippen LogP contribution in [0.2, 0.25) is 0 Å². The second-order valence-electron chi connectivity index (χ2n) is 4.22. The molecule has 1 aromatic rings. The number of rotatable bonds is 1. The van der Waals surface area contributed by atoms with Crippen LogP contribution in [0.25, 0.3) is 0 Å². The second kappa shape index (κ2) is 3.59.